The molecule has 1 spiro atoms. The van der Waals surface area contributed by atoms with Crippen LogP contribution in [0.5, 0.6) is 0 Å². The minimum Gasteiger partial charge on any atom is -0.458 e. The molecule has 44 heavy (non-hydrogen) atoms. The van der Waals surface area contributed by atoms with E-state index in [-0.39, 0.29) is 5.92 Å². The molecule has 8 nitrogen and oxygen atoms in total. The van der Waals surface area contributed by atoms with Crippen molar-refractivity contribution in [3.8, 4) is 0 Å². The largest absolute Gasteiger partial charge is 0.458 e. The van der Waals surface area contributed by atoms with E-state index >= 15 is 0 Å². The Labute approximate surface area is 257 Å². The summed E-state index contributed by atoms with van der Waals surface area (Å²) in [6.07, 6.45) is -3.19. The maximum absolute atomic E-state index is 13.8. The normalized spacial score (nSPS) is 33.5. The molecule has 2 bridgehead atoms. The molecular formula is C36H38O8. The molecule has 2 aliphatic carbocycles. The molecule has 3 aromatic carbocycles. The Balaban J connectivity index is 1.49. The molecule has 230 valence electrons. The second kappa shape index (κ2) is 11.2. The highest BCUT2D eigenvalue weighted by Gasteiger charge is 2.81. The second-order valence-electron chi connectivity index (χ2n) is 12.9. The number of rotatable bonds is 6. The Bertz CT molecular complexity index is 1520. The molecule has 3 aromatic rings. The number of hydrogen-bond acceptors (Lipinski definition) is 8. The Kier molecular flexibility index (Phi) is 7.62. The van der Waals surface area contributed by atoms with E-state index in [9.17, 15) is 19.5 Å². The van der Waals surface area contributed by atoms with E-state index in [4.69, 9.17) is 18.9 Å². The molecule has 2 saturated carbocycles. The number of fused-ring (bicyclic) bond motifs is 1. The SMILES string of the molecule is CC1CCC(OC(=O)c2ccccc2)C2(C)C(OC(=O)c3ccccc3)C(OC(=O)c3ccccc3)C3C(O)C12OC3(C)C. The molecule has 0 amide bonds. The number of hydrogen-bond donors (Lipinski definition) is 1. The van der Waals surface area contributed by atoms with Crippen molar-refractivity contribution in [1.29, 1.82) is 0 Å². The summed E-state index contributed by atoms with van der Waals surface area (Å²) >= 11 is 0. The van der Waals surface area contributed by atoms with Crippen LogP contribution in [0, 0.1) is 17.3 Å². The van der Waals surface area contributed by atoms with Crippen molar-refractivity contribution in [2.24, 2.45) is 17.3 Å². The van der Waals surface area contributed by atoms with Crippen LogP contribution in [-0.4, -0.2) is 58.6 Å². The number of carbonyl (C=O) groups excluding carboxylic acids is 3. The van der Waals surface area contributed by atoms with Crippen LogP contribution < -0.4 is 0 Å². The third-order valence-corrected chi connectivity index (χ3v) is 10.1. The van der Waals surface area contributed by atoms with Crippen molar-refractivity contribution in [3.63, 3.8) is 0 Å². The first-order valence-electron chi connectivity index (χ1n) is 15.2. The molecule has 1 heterocycles. The van der Waals surface area contributed by atoms with Crippen LogP contribution in [0.25, 0.3) is 0 Å². The lowest BCUT2D eigenvalue weighted by molar-refractivity contribution is -0.292. The molecule has 3 aliphatic rings. The molecular weight excluding hydrogens is 560 g/mol. The van der Waals surface area contributed by atoms with E-state index in [2.05, 4.69) is 0 Å². The molecule has 1 N–H and O–H groups in total. The first-order valence-corrected chi connectivity index (χ1v) is 15.2. The van der Waals surface area contributed by atoms with Gasteiger partial charge in [-0.25, -0.2) is 14.4 Å². The van der Waals surface area contributed by atoms with E-state index in [0.29, 0.717) is 29.5 Å². The molecule has 8 heteroatoms. The Hall–Kier alpha value is -4.01. The second-order valence-corrected chi connectivity index (χ2v) is 12.9. The van der Waals surface area contributed by atoms with Gasteiger partial charge >= 0.3 is 17.9 Å². The fourth-order valence-electron chi connectivity index (χ4n) is 8.04. The van der Waals surface area contributed by atoms with E-state index in [1.165, 1.54) is 0 Å². The van der Waals surface area contributed by atoms with Crippen molar-refractivity contribution in [1.82, 2.24) is 0 Å². The summed E-state index contributed by atoms with van der Waals surface area (Å²) in [4.78, 5) is 40.9. The van der Waals surface area contributed by atoms with Gasteiger partial charge in [-0.3, -0.25) is 0 Å². The summed E-state index contributed by atoms with van der Waals surface area (Å²) in [5.74, 6) is -2.73. The lowest BCUT2D eigenvalue weighted by Crippen LogP contribution is -2.76. The van der Waals surface area contributed by atoms with Crippen molar-refractivity contribution in [2.45, 2.75) is 76.2 Å². The summed E-state index contributed by atoms with van der Waals surface area (Å²) in [6, 6.07) is 25.8. The van der Waals surface area contributed by atoms with Gasteiger partial charge in [0, 0.05) is 0 Å². The molecule has 8 atom stereocenters. The summed E-state index contributed by atoms with van der Waals surface area (Å²) in [5, 5.41) is 12.3. The van der Waals surface area contributed by atoms with Gasteiger partial charge in [-0.2, -0.15) is 0 Å². The van der Waals surface area contributed by atoms with Crippen LogP contribution in [0.2, 0.25) is 0 Å². The number of ether oxygens (including phenoxy) is 4. The Morgan fingerprint density at radius 1 is 0.705 bits per heavy atom. The minimum absolute atomic E-state index is 0.206. The van der Waals surface area contributed by atoms with Gasteiger partial charge in [0.05, 0.1) is 39.7 Å². The maximum atomic E-state index is 13.8. The molecule has 0 radical (unpaired) electrons. The monoisotopic (exact) mass is 598 g/mol. The van der Waals surface area contributed by atoms with E-state index in [1.807, 2.05) is 33.8 Å². The van der Waals surface area contributed by atoms with Gasteiger partial charge in [-0.05, 0) is 75.9 Å². The zero-order valence-electron chi connectivity index (χ0n) is 25.3. The van der Waals surface area contributed by atoms with Gasteiger partial charge in [0.25, 0.3) is 0 Å². The zero-order chi connectivity index (χ0) is 31.3. The smallest absolute Gasteiger partial charge is 0.338 e. The van der Waals surface area contributed by atoms with Crippen molar-refractivity contribution in [3.05, 3.63) is 108 Å². The van der Waals surface area contributed by atoms with E-state index in [1.54, 1.807) is 84.9 Å². The third-order valence-electron chi connectivity index (χ3n) is 10.1. The molecule has 1 aliphatic heterocycles. The van der Waals surface area contributed by atoms with Crippen LogP contribution in [0.3, 0.4) is 0 Å². The van der Waals surface area contributed by atoms with Gasteiger partial charge < -0.3 is 24.1 Å². The summed E-state index contributed by atoms with van der Waals surface area (Å²) in [6.45, 7) is 7.54. The summed E-state index contributed by atoms with van der Waals surface area (Å²) < 4.78 is 25.8. The molecule has 3 fully saturated rings. The number of aliphatic hydroxyl groups is 1. The third kappa shape index (κ3) is 4.63. The van der Waals surface area contributed by atoms with Crippen molar-refractivity contribution >= 4 is 17.9 Å². The minimum atomic E-state index is -1.31. The van der Waals surface area contributed by atoms with Gasteiger partial charge in [0.2, 0.25) is 0 Å². The zero-order valence-corrected chi connectivity index (χ0v) is 25.3. The van der Waals surface area contributed by atoms with Gasteiger partial charge in [0.15, 0.2) is 6.10 Å². The lowest BCUT2D eigenvalue weighted by Gasteiger charge is -2.62. The number of benzene rings is 3. The quantitative estimate of drug-likeness (QED) is 0.287. The van der Waals surface area contributed by atoms with Crippen LogP contribution in [0.15, 0.2) is 91.0 Å². The lowest BCUT2D eigenvalue weighted by atomic mass is 9.48. The molecule has 8 unspecified atom stereocenters. The first kappa shape index (κ1) is 30.0. The summed E-state index contributed by atoms with van der Waals surface area (Å²) in [7, 11) is 0. The number of esters is 3. The molecule has 1 saturated heterocycles. The first-order chi connectivity index (χ1) is 21.0. The molecule has 6 rings (SSSR count). The van der Waals surface area contributed by atoms with Gasteiger partial charge in [0.1, 0.15) is 17.8 Å². The highest BCUT2D eigenvalue weighted by atomic mass is 16.6. The predicted octanol–water partition coefficient (Wildman–Crippen LogP) is 5.64. The topological polar surface area (TPSA) is 108 Å². The van der Waals surface area contributed by atoms with Crippen molar-refractivity contribution < 1.29 is 38.4 Å². The number of aliphatic hydroxyl groups excluding tert-OH is 1. The van der Waals surface area contributed by atoms with E-state index in [0.717, 1.165) is 0 Å². The van der Waals surface area contributed by atoms with Crippen LogP contribution >= 0.6 is 0 Å². The number of carbonyl (C=O) groups is 3. The van der Waals surface area contributed by atoms with Crippen molar-refractivity contribution in [2.75, 3.05) is 0 Å². The van der Waals surface area contributed by atoms with Crippen LogP contribution in [0.4, 0.5) is 0 Å². The Morgan fingerprint density at radius 2 is 1.16 bits per heavy atom. The van der Waals surface area contributed by atoms with Crippen LogP contribution in [0.1, 0.15) is 71.6 Å². The summed E-state index contributed by atoms with van der Waals surface area (Å²) in [5.41, 5.74) is -2.58. The average molecular weight is 599 g/mol. The van der Waals surface area contributed by atoms with E-state index < -0.39 is 64.9 Å². The highest BCUT2D eigenvalue weighted by molar-refractivity contribution is 5.91. The fraction of sp³-hybridized carbons (Fsp3) is 0.417. The standard InChI is InChI=1S/C36H38O8/c1-22-20-21-26(41-31(38)23-14-8-5-9-15-23)35(4)30(43-33(40)25-18-12-7-13-19-25)28(42-32(39)24-16-10-6-11-17-24)27-29(37)36(22,35)44-34(27,2)3/h5-19,22,26-30,37H,20-21H2,1-4H3. The Morgan fingerprint density at radius 3 is 1.66 bits per heavy atom. The highest BCUT2D eigenvalue weighted by Crippen LogP contribution is 2.67. The van der Waals surface area contributed by atoms with Crippen LogP contribution in [-0.2, 0) is 18.9 Å². The predicted molar refractivity (Wildman–Crippen MR) is 161 cm³/mol. The van der Waals surface area contributed by atoms with Gasteiger partial charge in [-0.1, -0.05) is 61.5 Å². The maximum Gasteiger partial charge on any atom is 0.338 e. The fourth-order valence-corrected chi connectivity index (χ4v) is 8.04. The van der Waals surface area contributed by atoms with Gasteiger partial charge in [-0.15, -0.1) is 0 Å². The average Bonchev–Trinajstić information content (AvgIpc) is 3.21. The molecule has 0 aromatic heterocycles.